The summed E-state index contributed by atoms with van der Waals surface area (Å²) in [6.45, 7) is 7.79. The number of carbonyl (C=O) groups excluding carboxylic acids is 1. The van der Waals surface area contributed by atoms with Crippen LogP contribution in [0.25, 0.3) is 11.1 Å². The number of nitrogens with zero attached hydrogens (tertiary/aromatic N) is 3. The molecule has 1 aromatic carbocycles. The van der Waals surface area contributed by atoms with Crippen LogP contribution in [0, 0.1) is 12.7 Å². The molecule has 1 amide bonds. The van der Waals surface area contributed by atoms with Gasteiger partial charge in [0, 0.05) is 24.5 Å². The molecule has 158 valence electrons. The van der Waals surface area contributed by atoms with Crippen LogP contribution in [0.3, 0.4) is 0 Å². The highest BCUT2D eigenvalue weighted by Gasteiger charge is 2.18. The van der Waals surface area contributed by atoms with E-state index in [1.54, 1.807) is 43.8 Å². The minimum Gasteiger partial charge on any atom is -0.444 e. The fraction of sp³-hybridized carbons (Fsp3) is 0.318. The van der Waals surface area contributed by atoms with E-state index in [-0.39, 0.29) is 5.82 Å². The first-order chi connectivity index (χ1) is 14.1. The highest BCUT2D eigenvalue weighted by atomic mass is 19.1. The highest BCUT2D eigenvalue weighted by Crippen LogP contribution is 2.28. The zero-order chi connectivity index (χ0) is 21.9. The quantitative estimate of drug-likeness (QED) is 0.625. The Morgan fingerprint density at radius 3 is 2.47 bits per heavy atom. The lowest BCUT2D eigenvalue weighted by Gasteiger charge is -2.20. The Hall–Kier alpha value is -3.42. The second-order valence-corrected chi connectivity index (χ2v) is 8.01. The average molecular weight is 411 g/mol. The zero-order valence-corrected chi connectivity index (χ0v) is 17.8. The molecule has 0 spiro atoms. The molecule has 2 aromatic heterocycles. The summed E-state index contributed by atoms with van der Waals surface area (Å²) in [6.07, 6.45) is 1.03. The van der Waals surface area contributed by atoms with Gasteiger partial charge in [0.1, 0.15) is 11.4 Å². The van der Waals surface area contributed by atoms with Crippen molar-refractivity contribution >= 4 is 17.6 Å². The van der Waals surface area contributed by atoms with Crippen molar-refractivity contribution in [1.29, 1.82) is 0 Å². The van der Waals surface area contributed by atoms with Crippen LogP contribution in [0.5, 0.6) is 0 Å². The maximum atomic E-state index is 13.3. The maximum Gasteiger partial charge on any atom is 0.413 e. The van der Waals surface area contributed by atoms with Crippen LogP contribution in [0.15, 0.2) is 42.6 Å². The van der Waals surface area contributed by atoms with Gasteiger partial charge >= 0.3 is 6.09 Å². The van der Waals surface area contributed by atoms with Crippen molar-refractivity contribution in [2.75, 3.05) is 10.6 Å². The summed E-state index contributed by atoms with van der Waals surface area (Å²) in [6, 6.07) is 9.98. The molecule has 0 radical (unpaired) electrons. The van der Waals surface area contributed by atoms with Crippen LogP contribution in [0.2, 0.25) is 0 Å². The first kappa shape index (κ1) is 21.3. The molecular formula is C22H26FN5O2. The fourth-order valence-corrected chi connectivity index (χ4v) is 2.81. The number of rotatable bonds is 5. The number of hydrogen-bond acceptors (Lipinski definition) is 5. The summed E-state index contributed by atoms with van der Waals surface area (Å²) in [7, 11) is 1.88. The molecule has 0 saturated heterocycles. The van der Waals surface area contributed by atoms with Crippen LogP contribution in [0.1, 0.15) is 32.2 Å². The number of anilines is 2. The Morgan fingerprint density at radius 1 is 1.17 bits per heavy atom. The molecule has 0 unspecified atom stereocenters. The number of halogens is 1. The molecule has 2 N–H and O–H groups in total. The molecule has 0 bridgehead atoms. The van der Waals surface area contributed by atoms with Crippen molar-refractivity contribution in [2.45, 2.75) is 39.8 Å². The summed E-state index contributed by atoms with van der Waals surface area (Å²) in [5.41, 5.74) is 3.46. The van der Waals surface area contributed by atoms with Gasteiger partial charge in [-0.15, -0.1) is 0 Å². The molecule has 2 heterocycles. The molecular weight excluding hydrogens is 385 g/mol. The molecule has 30 heavy (non-hydrogen) atoms. The molecule has 0 aliphatic carbocycles. The van der Waals surface area contributed by atoms with Crippen LogP contribution in [-0.4, -0.2) is 26.5 Å². The second kappa shape index (κ2) is 8.52. The molecule has 0 fully saturated rings. The van der Waals surface area contributed by atoms with Crippen molar-refractivity contribution in [2.24, 2.45) is 7.05 Å². The number of pyridine rings is 1. The predicted molar refractivity (Wildman–Crippen MR) is 115 cm³/mol. The van der Waals surface area contributed by atoms with Gasteiger partial charge in [0.15, 0.2) is 5.82 Å². The number of aromatic nitrogens is 3. The van der Waals surface area contributed by atoms with E-state index in [4.69, 9.17) is 4.74 Å². The van der Waals surface area contributed by atoms with Gasteiger partial charge in [-0.2, -0.15) is 5.10 Å². The topological polar surface area (TPSA) is 81.1 Å². The third kappa shape index (κ3) is 5.56. The molecule has 3 rings (SSSR count). The van der Waals surface area contributed by atoms with E-state index in [1.165, 1.54) is 12.1 Å². The predicted octanol–water partition coefficient (Wildman–Crippen LogP) is 4.89. The normalized spacial score (nSPS) is 11.3. The number of benzene rings is 1. The first-order valence-corrected chi connectivity index (χ1v) is 9.60. The van der Waals surface area contributed by atoms with Crippen molar-refractivity contribution in [3.05, 3.63) is 59.8 Å². The van der Waals surface area contributed by atoms with Gasteiger partial charge in [0.25, 0.3) is 0 Å². The van der Waals surface area contributed by atoms with Crippen LogP contribution in [-0.2, 0) is 18.3 Å². The van der Waals surface area contributed by atoms with E-state index in [0.717, 1.165) is 22.5 Å². The Labute approximate surface area is 175 Å². The fourth-order valence-electron chi connectivity index (χ4n) is 2.81. The lowest BCUT2D eigenvalue weighted by atomic mass is 10.1. The smallest absolute Gasteiger partial charge is 0.413 e. The van der Waals surface area contributed by atoms with Crippen molar-refractivity contribution < 1.29 is 13.9 Å². The number of nitrogens with one attached hydrogen (secondary N) is 2. The second-order valence-electron chi connectivity index (χ2n) is 8.01. The third-order valence-corrected chi connectivity index (χ3v) is 4.31. The molecule has 0 atom stereocenters. The van der Waals surface area contributed by atoms with E-state index >= 15 is 0 Å². The van der Waals surface area contributed by atoms with Gasteiger partial charge in [0.05, 0.1) is 17.9 Å². The third-order valence-electron chi connectivity index (χ3n) is 4.31. The number of hydrogen-bond donors (Lipinski definition) is 2. The zero-order valence-electron chi connectivity index (χ0n) is 17.8. The van der Waals surface area contributed by atoms with Gasteiger partial charge in [-0.25, -0.2) is 14.2 Å². The summed E-state index contributed by atoms with van der Waals surface area (Å²) in [5.74, 6) is 0.0292. The monoisotopic (exact) mass is 411 g/mol. The Morgan fingerprint density at radius 2 is 1.87 bits per heavy atom. The summed E-state index contributed by atoms with van der Waals surface area (Å²) >= 11 is 0. The Balaban J connectivity index is 1.87. The number of carbonyl (C=O) groups is 1. The van der Waals surface area contributed by atoms with E-state index in [1.807, 2.05) is 26.1 Å². The first-order valence-electron chi connectivity index (χ1n) is 9.60. The van der Waals surface area contributed by atoms with Crippen LogP contribution >= 0.6 is 0 Å². The molecule has 3 aromatic rings. The maximum absolute atomic E-state index is 13.3. The van der Waals surface area contributed by atoms with Crippen LogP contribution < -0.4 is 10.6 Å². The largest absolute Gasteiger partial charge is 0.444 e. The number of aryl methyl sites for hydroxylation is 2. The SMILES string of the molecule is Cc1cc(CNc2cc(-c3ccc(F)cc3)cnc2NC(=O)OC(C)(C)C)nn1C. The molecule has 8 heteroatoms. The van der Waals surface area contributed by atoms with Gasteiger partial charge < -0.3 is 10.1 Å². The van der Waals surface area contributed by atoms with Gasteiger partial charge in [-0.05, 0) is 57.5 Å². The van der Waals surface area contributed by atoms with Crippen molar-refractivity contribution in [1.82, 2.24) is 14.8 Å². The molecule has 0 saturated carbocycles. The van der Waals surface area contributed by atoms with E-state index in [2.05, 4.69) is 20.7 Å². The van der Waals surface area contributed by atoms with Gasteiger partial charge in [-0.1, -0.05) is 12.1 Å². The molecule has 0 aliphatic heterocycles. The lowest BCUT2D eigenvalue weighted by molar-refractivity contribution is 0.0635. The van der Waals surface area contributed by atoms with E-state index in [9.17, 15) is 9.18 Å². The Bertz CT molecular complexity index is 1020. The van der Waals surface area contributed by atoms with Crippen molar-refractivity contribution in [3.63, 3.8) is 0 Å². The molecule has 0 aliphatic rings. The summed E-state index contributed by atoms with van der Waals surface area (Å²) < 4.78 is 20.4. The lowest BCUT2D eigenvalue weighted by Crippen LogP contribution is -2.27. The minimum atomic E-state index is -0.628. The average Bonchev–Trinajstić information content (AvgIpc) is 2.98. The highest BCUT2D eigenvalue weighted by molar-refractivity contribution is 5.89. The van der Waals surface area contributed by atoms with Crippen LogP contribution in [0.4, 0.5) is 20.7 Å². The van der Waals surface area contributed by atoms with E-state index in [0.29, 0.717) is 18.1 Å². The van der Waals surface area contributed by atoms with E-state index < -0.39 is 11.7 Å². The minimum absolute atomic E-state index is 0.307. The molecule has 7 nitrogen and oxygen atoms in total. The standard InChI is InChI=1S/C22H26FN5O2/c1-14-10-18(27-28(14)5)13-24-19-11-16(15-6-8-17(23)9-7-15)12-25-20(19)26-21(29)30-22(2,3)4/h6-12,24H,13H2,1-5H3,(H,25,26,29). The number of amides is 1. The summed E-state index contributed by atoms with van der Waals surface area (Å²) in [5, 5.41) is 10.4. The summed E-state index contributed by atoms with van der Waals surface area (Å²) in [4.78, 5) is 16.6. The van der Waals surface area contributed by atoms with Gasteiger partial charge in [0.2, 0.25) is 0 Å². The number of ether oxygens (including phenoxy) is 1. The van der Waals surface area contributed by atoms with Gasteiger partial charge in [-0.3, -0.25) is 10.00 Å². The van der Waals surface area contributed by atoms with Crippen molar-refractivity contribution in [3.8, 4) is 11.1 Å². The Kier molecular flexibility index (Phi) is 6.05.